The van der Waals surface area contributed by atoms with E-state index in [2.05, 4.69) is 0 Å². The SMILES string of the molecule is COc1ccc(CCC(O)CC(CCc2ccc(O)c(O)c2)O[C@@H]2O[C@H](CO)[C@@H](O)[C@H](O)[C@H]2O)cc1O. The zero-order valence-corrected chi connectivity index (χ0v) is 20.6. The van der Waals surface area contributed by atoms with Gasteiger partial charge < -0.3 is 55.1 Å². The number of aryl methyl sites for hydroxylation is 2. The molecule has 0 radical (unpaired) electrons. The second-order valence-electron chi connectivity index (χ2n) is 9.25. The quantitative estimate of drug-likeness (QED) is 0.178. The van der Waals surface area contributed by atoms with Gasteiger partial charge >= 0.3 is 0 Å². The number of ether oxygens (including phenoxy) is 3. The number of aliphatic hydroxyl groups excluding tert-OH is 5. The van der Waals surface area contributed by atoms with E-state index in [4.69, 9.17) is 14.2 Å². The summed E-state index contributed by atoms with van der Waals surface area (Å²) in [6.07, 6.45) is -7.11. The Morgan fingerprint density at radius 3 is 2.11 bits per heavy atom. The van der Waals surface area contributed by atoms with Crippen LogP contribution in [-0.2, 0) is 22.3 Å². The van der Waals surface area contributed by atoms with Gasteiger partial charge in [0.05, 0.1) is 25.9 Å². The third-order valence-corrected chi connectivity index (χ3v) is 6.51. The Hall–Kier alpha value is -2.64. The molecule has 8 N–H and O–H groups in total. The Morgan fingerprint density at radius 1 is 0.838 bits per heavy atom. The molecule has 2 unspecified atom stereocenters. The molecular weight excluding hydrogens is 488 g/mol. The Kier molecular flexibility index (Phi) is 10.4. The summed E-state index contributed by atoms with van der Waals surface area (Å²) >= 11 is 0. The maximum Gasteiger partial charge on any atom is 0.186 e. The van der Waals surface area contributed by atoms with E-state index < -0.39 is 49.5 Å². The minimum Gasteiger partial charge on any atom is -0.504 e. The number of phenols is 3. The average Bonchev–Trinajstić information content (AvgIpc) is 2.88. The Balaban J connectivity index is 1.67. The number of aromatic hydroxyl groups is 3. The highest BCUT2D eigenvalue weighted by Gasteiger charge is 2.44. The highest BCUT2D eigenvalue weighted by atomic mass is 16.7. The molecule has 2 aromatic rings. The van der Waals surface area contributed by atoms with E-state index in [0.29, 0.717) is 37.0 Å². The zero-order valence-electron chi connectivity index (χ0n) is 20.6. The first kappa shape index (κ1) is 28.9. The molecule has 0 aromatic heterocycles. The van der Waals surface area contributed by atoms with Crippen molar-refractivity contribution < 1.29 is 55.1 Å². The van der Waals surface area contributed by atoms with Gasteiger partial charge in [-0.15, -0.1) is 0 Å². The molecule has 0 saturated carbocycles. The minimum atomic E-state index is -1.60. The van der Waals surface area contributed by atoms with Crippen molar-refractivity contribution in [3.63, 3.8) is 0 Å². The van der Waals surface area contributed by atoms with Crippen LogP contribution < -0.4 is 4.74 Å². The average molecular weight is 525 g/mol. The van der Waals surface area contributed by atoms with Crippen molar-refractivity contribution in [1.82, 2.24) is 0 Å². The van der Waals surface area contributed by atoms with Crippen LogP contribution in [0.15, 0.2) is 36.4 Å². The van der Waals surface area contributed by atoms with E-state index >= 15 is 0 Å². The van der Waals surface area contributed by atoms with Crippen molar-refractivity contribution in [3.8, 4) is 23.0 Å². The first-order chi connectivity index (χ1) is 17.6. The number of hydrogen-bond donors (Lipinski definition) is 8. The predicted octanol–water partition coefficient (Wildman–Crippen LogP) is 0.313. The summed E-state index contributed by atoms with van der Waals surface area (Å²) in [6, 6.07) is 9.38. The van der Waals surface area contributed by atoms with Gasteiger partial charge in [-0.05, 0) is 67.5 Å². The molecular formula is C26H36O11. The van der Waals surface area contributed by atoms with Gasteiger partial charge in [-0.25, -0.2) is 0 Å². The standard InChI is InChI=1S/C26H36O11/c1-35-21-9-5-14(11-20(21)31)2-6-16(28)12-17(7-3-15-4-8-18(29)19(30)10-15)36-26-25(34)24(33)23(32)22(13-27)37-26/h4-5,8-11,16-17,22-34H,2-3,6-7,12-13H2,1H3/t16?,17?,22-,23-,24+,25-,26-/m1/s1. The van der Waals surface area contributed by atoms with Crippen LogP contribution in [0.1, 0.15) is 30.4 Å². The number of methoxy groups -OCH3 is 1. The van der Waals surface area contributed by atoms with Gasteiger partial charge in [0.1, 0.15) is 24.4 Å². The number of rotatable bonds is 12. The van der Waals surface area contributed by atoms with Crippen LogP contribution in [-0.4, -0.2) is 97.5 Å². The van der Waals surface area contributed by atoms with Gasteiger partial charge in [0.15, 0.2) is 29.3 Å². The van der Waals surface area contributed by atoms with Crippen LogP contribution in [0.25, 0.3) is 0 Å². The molecule has 1 aliphatic rings. The topological polar surface area (TPSA) is 190 Å². The van der Waals surface area contributed by atoms with Crippen molar-refractivity contribution in [3.05, 3.63) is 47.5 Å². The summed E-state index contributed by atoms with van der Waals surface area (Å²) in [6.45, 7) is -0.598. The van der Waals surface area contributed by atoms with E-state index in [1.807, 2.05) is 0 Å². The number of hydrogen-bond acceptors (Lipinski definition) is 11. The molecule has 2 aromatic carbocycles. The molecule has 206 valence electrons. The monoisotopic (exact) mass is 524 g/mol. The highest BCUT2D eigenvalue weighted by molar-refractivity contribution is 5.42. The lowest BCUT2D eigenvalue weighted by Crippen LogP contribution is -2.59. The fraction of sp³-hybridized carbons (Fsp3) is 0.538. The molecule has 11 heteroatoms. The molecule has 0 amide bonds. The molecule has 0 spiro atoms. The largest absolute Gasteiger partial charge is 0.504 e. The number of benzene rings is 2. The summed E-state index contributed by atoms with van der Waals surface area (Å²) in [5.41, 5.74) is 1.49. The van der Waals surface area contributed by atoms with Crippen molar-refractivity contribution in [2.75, 3.05) is 13.7 Å². The van der Waals surface area contributed by atoms with E-state index in [-0.39, 0.29) is 23.7 Å². The van der Waals surface area contributed by atoms with Crippen LogP contribution in [0, 0.1) is 0 Å². The van der Waals surface area contributed by atoms with Gasteiger partial charge in [-0.2, -0.15) is 0 Å². The van der Waals surface area contributed by atoms with Crippen molar-refractivity contribution in [2.45, 2.75) is 75.0 Å². The van der Waals surface area contributed by atoms with Crippen LogP contribution in [0.4, 0.5) is 0 Å². The molecule has 11 nitrogen and oxygen atoms in total. The zero-order chi connectivity index (χ0) is 27.1. The summed E-state index contributed by atoms with van der Waals surface area (Å²) < 4.78 is 16.4. The van der Waals surface area contributed by atoms with Crippen LogP contribution in [0.2, 0.25) is 0 Å². The van der Waals surface area contributed by atoms with Gasteiger partial charge in [-0.1, -0.05) is 12.1 Å². The maximum absolute atomic E-state index is 10.7. The van der Waals surface area contributed by atoms with Crippen molar-refractivity contribution >= 4 is 0 Å². The van der Waals surface area contributed by atoms with E-state index in [1.54, 1.807) is 24.3 Å². The smallest absolute Gasteiger partial charge is 0.186 e. The van der Waals surface area contributed by atoms with Crippen LogP contribution >= 0.6 is 0 Å². The van der Waals surface area contributed by atoms with Crippen molar-refractivity contribution in [2.24, 2.45) is 0 Å². The summed E-state index contributed by atoms with van der Waals surface area (Å²) in [5, 5.41) is 80.0. The Bertz CT molecular complexity index is 998. The van der Waals surface area contributed by atoms with E-state index in [1.165, 1.54) is 19.2 Å². The summed E-state index contributed by atoms with van der Waals surface area (Å²) in [4.78, 5) is 0. The highest BCUT2D eigenvalue weighted by Crippen LogP contribution is 2.29. The second-order valence-corrected chi connectivity index (χ2v) is 9.25. The normalized spacial score (nSPS) is 25.5. The predicted molar refractivity (Wildman–Crippen MR) is 130 cm³/mol. The van der Waals surface area contributed by atoms with Gasteiger partial charge in [0.2, 0.25) is 0 Å². The lowest BCUT2D eigenvalue weighted by Gasteiger charge is -2.41. The number of aliphatic hydroxyl groups is 5. The third-order valence-electron chi connectivity index (χ3n) is 6.51. The molecule has 3 rings (SSSR count). The summed E-state index contributed by atoms with van der Waals surface area (Å²) in [7, 11) is 1.45. The molecule has 37 heavy (non-hydrogen) atoms. The Labute approximate surface area is 214 Å². The first-order valence-corrected chi connectivity index (χ1v) is 12.1. The van der Waals surface area contributed by atoms with Crippen molar-refractivity contribution in [1.29, 1.82) is 0 Å². The van der Waals surface area contributed by atoms with Crippen LogP contribution in [0.5, 0.6) is 23.0 Å². The minimum absolute atomic E-state index is 0.00420. The third kappa shape index (κ3) is 7.68. The maximum atomic E-state index is 10.7. The lowest BCUT2D eigenvalue weighted by molar-refractivity contribution is -0.313. The van der Waals surface area contributed by atoms with Gasteiger partial charge in [-0.3, -0.25) is 0 Å². The molecule has 7 atom stereocenters. The second kappa shape index (κ2) is 13.2. The number of phenolic OH excluding ortho intramolecular Hbond substituents is 3. The fourth-order valence-electron chi connectivity index (χ4n) is 4.31. The molecule has 1 fully saturated rings. The molecule has 0 aliphatic carbocycles. The Morgan fingerprint density at radius 2 is 1.49 bits per heavy atom. The summed E-state index contributed by atoms with van der Waals surface area (Å²) in [5.74, 6) is -0.183. The first-order valence-electron chi connectivity index (χ1n) is 12.1. The fourth-order valence-corrected chi connectivity index (χ4v) is 4.31. The van der Waals surface area contributed by atoms with Gasteiger partial charge in [0.25, 0.3) is 0 Å². The molecule has 0 bridgehead atoms. The molecule has 1 heterocycles. The molecule has 1 aliphatic heterocycles. The van der Waals surface area contributed by atoms with Crippen LogP contribution in [0.3, 0.4) is 0 Å². The van der Waals surface area contributed by atoms with E-state index in [0.717, 1.165) is 5.56 Å². The van der Waals surface area contributed by atoms with E-state index in [9.17, 15) is 40.9 Å². The molecule has 1 saturated heterocycles. The lowest BCUT2D eigenvalue weighted by atomic mass is 9.97. The van der Waals surface area contributed by atoms with Gasteiger partial charge in [0, 0.05) is 0 Å².